The van der Waals surface area contributed by atoms with Crippen LogP contribution in [-0.2, 0) is 4.79 Å². The summed E-state index contributed by atoms with van der Waals surface area (Å²) in [6.07, 6.45) is 0. The fourth-order valence-corrected chi connectivity index (χ4v) is 2.57. The Labute approximate surface area is 145 Å². The third kappa shape index (κ3) is 3.62. The number of ketones is 3. The summed E-state index contributed by atoms with van der Waals surface area (Å²) >= 11 is 3.64. The molecule has 1 aromatic carbocycles. The highest BCUT2D eigenvalue weighted by Crippen LogP contribution is 2.28. The standard InChI is InChI=1S/C17H20N2O3.ClHO/c1-8(2)13(18)17(22)14(19)12-9(3)15(20)10-6-4-5-7-11(10)16(12)21;1-2/h4-8,13-14H,18-19H2,1-3H3;2H/t13-,14?;/m1./s1. The van der Waals surface area contributed by atoms with Crippen LogP contribution in [0.4, 0.5) is 0 Å². The summed E-state index contributed by atoms with van der Waals surface area (Å²) in [7, 11) is 0. The van der Waals surface area contributed by atoms with Gasteiger partial charge in [-0.25, -0.2) is 0 Å². The molecule has 0 spiro atoms. The topological polar surface area (TPSA) is 123 Å². The van der Waals surface area contributed by atoms with Gasteiger partial charge < -0.3 is 11.5 Å². The van der Waals surface area contributed by atoms with Crippen LogP contribution in [0.5, 0.6) is 0 Å². The van der Waals surface area contributed by atoms with Crippen molar-refractivity contribution >= 4 is 29.2 Å². The first-order valence-electron chi connectivity index (χ1n) is 7.38. The van der Waals surface area contributed by atoms with Crippen LogP contribution >= 0.6 is 11.9 Å². The second-order valence-corrected chi connectivity index (χ2v) is 5.89. The number of benzene rings is 1. The van der Waals surface area contributed by atoms with Gasteiger partial charge >= 0.3 is 0 Å². The summed E-state index contributed by atoms with van der Waals surface area (Å²) in [5.41, 5.74) is 12.7. The van der Waals surface area contributed by atoms with Crippen LogP contribution in [0.25, 0.3) is 0 Å². The Bertz CT molecular complexity index is 698. The third-order valence-electron chi connectivity index (χ3n) is 4.07. The summed E-state index contributed by atoms with van der Waals surface area (Å²) in [5.74, 6) is -1.16. The van der Waals surface area contributed by atoms with Crippen molar-refractivity contribution < 1.29 is 19.0 Å². The number of carbonyl (C=O) groups is 3. The molecule has 130 valence electrons. The average Bonchev–Trinajstić information content (AvgIpc) is 2.60. The molecule has 24 heavy (non-hydrogen) atoms. The molecule has 0 bridgehead atoms. The molecule has 0 aromatic heterocycles. The fraction of sp³-hybridized carbons (Fsp3) is 0.353. The fourth-order valence-electron chi connectivity index (χ4n) is 2.57. The molecule has 1 aliphatic carbocycles. The van der Waals surface area contributed by atoms with E-state index in [1.54, 1.807) is 38.1 Å². The van der Waals surface area contributed by atoms with Crippen LogP contribution < -0.4 is 11.5 Å². The Morgan fingerprint density at radius 2 is 1.50 bits per heavy atom. The van der Waals surface area contributed by atoms with E-state index < -0.39 is 17.9 Å². The van der Waals surface area contributed by atoms with E-state index in [1.165, 1.54) is 6.92 Å². The average molecular weight is 353 g/mol. The maximum Gasteiger partial charge on any atom is 0.192 e. The van der Waals surface area contributed by atoms with Crippen LogP contribution in [0.15, 0.2) is 35.4 Å². The molecular weight excluding hydrogens is 332 g/mol. The number of hydrogen-bond donors (Lipinski definition) is 3. The first-order chi connectivity index (χ1) is 11.3. The van der Waals surface area contributed by atoms with Crippen LogP contribution in [0.3, 0.4) is 0 Å². The molecule has 0 heterocycles. The van der Waals surface area contributed by atoms with Gasteiger partial charge in [-0.3, -0.25) is 19.0 Å². The smallest absolute Gasteiger partial charge is 0.192 e. The molecule has 1 aliphatic rings. The summed E-state index contributed by atoms with van der Waals surface area (Å²) in [6, 6.07) is 4.60. The number of hydrogen-bond acceptors (Lipinski definition) is 6. The molecule has 0 saturated carbocycles. The lowest BCUT2D eigenvalue weighted by Crippen LogP contribution is -2.49. The minimum Gasteiger partial charge on any atom is -0.321 e. The zero-order valence-electron chi connectivity index (χ0n) is 13.7. The minimum absolute atomic E-state index is 0.0600. The van der Waals surface area contributed by atoms with Crippen molar-refractivity contribution in [3.8, 4) is 0 Å². The highest BCUT2D eigenvalue weighted by atomic mass is 35.5. The van der Waals surface area contributed by atoms with Gasteiger partial charge in [0, 0.05) is 22.3 Å². The van der Waals surface area contributed by atoms with E-state index in [4.69, 9.17) is 16.1 Å². The lowest BCUT2D eigenvalue weighted by atomic mass is 9.79. The number of carbonyl (C=O) groups excluding carboxylic acids is 3. The number of fused-ring (bicyclic) bond motifs is 1. The van der Waals surface area contributed by atoms with Crippen molar-refractivity contribution in [3.05, 3.63) is 46.5 Å². The largest absolute Gasteiger partial charge is 0.321 e. The van der Waals surface area contributed by atoms with Crippen molar-refractivity contribution in [1.29, 1.82) is 0 Å². The predicted octanol–water partition coefficient (Wildman–Crippen LogP) is 1.39. The van der Waals surface area contributed by atoms with Gasteiger partial charge in [0.05, 0.1) is 23.9 Å². The molecule has 2 rings (SSSR count). The number of halogens is 1. The molecule has 0 radical (unpaired) electrons. The molecule has 0 saturated heterocycles. The zero-order valence-corrected chi connectivity index (χ0v) is 14.5. The SMILES string of the molecule is CC1=C(C(N)C(=O)[C@H](N)C(C)C)C(=O)c2ccccc2C1=O.OCl. The molecule has 0 amide bonds. The van der Waals surface area contributed by atoms with E-state index in [2.05, 4.69) is 11.9 Å². The van der Waals surface area contributed by atoms with Gasteiger partial charge in [0.15, 0.2) is 17.3 Å². The minimum atomic E-state index is -1.18. The number of rotatable bonds is 4. The monoisotopic (exact) mass is 352 g/mol. The van der Waals surface area contributed by atoms with Crippen molar-refractivity contribution in [2.45, 2.75) is 32.9 Å². The summed E-state index contributed by atoms with van der Waals surface area (Å²) in [4.78, 5) is 37.4. The van der Waals surface area contributed by atoms with Gasteiger partial charge in [0.25, 0.3) is 0 Å². The highest BCUT2D eigenvalue weighted by molar-refractivity contribution is 6.28. The zero-order chi connectivity index (χ0) is 18.6. The molecule has 0 fully saturated rings. The van der Waals surface area contributed by atoms with E-state index in [9.17, 15) is 14.4 Å². The maximum absolute atomic E-state index is 12.6. The Kier molecular flexibility index (Phi) is 6.98. The van der Waals surface area contributed by atoms with E-state index in [1.807, 2.05) is 0 Å². The van der Waals surface area contributed by atoms with Crippen LogP contribution in [0, 0.1) is 5.92 Å². The number of allylic oxidation sites excluding steroid dienone is 1. The normalized spacial score (nSPS) is 16.3. The second-order valence-electron chi connectivity index (χ2n) is 5.89. The Morgan fingerprint density at radius 1 is 1.04 bits per heavy atom. The lowest BCUT2D eigenvalue weighted by Gasteiger charge is -2.25. The molecule has 5 N–H and O–H groups in total. The van der Waals surface area contributed by atoms with Gasteiger partial charge in [-0.2, -0.15) is 0 Å². The quantitative estimate of drug-likeness (QED) is 0.752. The van der Waals surface area contributed by atoms with Crippen LogP contribution in [0.2, 0.25) is 0 Å². The first kappa shape index (κ1) is 20.2. The molecule has 1 aromatic rings. The molecule has 2 atom stereocenters. The van der Waals surface area contributed by atoms with Crippen LogP contribution in [-0.4, -0.2) is 34.1 Å². The first-order valence-corrected chi connectivity index (χ1v) is 7.72. The Balaban J connectivity index is 0.00000139. The molecular formula is C17H21ClN2O4. The van der Waals surface area contributed by atoms with E-state index in [-0.39, 0.29) is 34.2 Å². The summed E-state index contributed by atoms with van der Waals surface area (Å²) in [5, 5.41) is 0. The van der Waals surface area contributed by atoms with Crippen molar-refractivity contribution in [3.63, 3.8) is 0 Å². The summed E-state index contributed by atoms with van der Waals surface area (Å²) in [6.45, 7) is 5.14. The second kappa shape index (κ2) is 8.30. The van der Waals surface area contributed by atoms with Crippen LogP contribution in [0.1, 0.15) is 41.5 Å². The molecule has 1 unspecified atom stereocenters. The third-order valence-corrected chi connectivity index (χ3v) is 4.07. The maximum atomic E-state index is 12.6. The van der Waals surface area contributed by atoms with Gasteiger partial charge in [-0.1, -0.05) is 38.1 Å². The van der Waals surface area contributed by atoms with Gasteiger partial charge in [-0.15, -0.1) is 0 Å². The Hall–Kier alpha value is -1.86. The van der Waals surface area contributed by atoms with E-state index in [0.717, 1.165) is 0 Å². The predicted molar refractivity (Wildman–Crippen MR) is 91.7 cm³/mol. The van der Waals surface area contributed by atoms with Gasteiger partial charge in [0.2, 0.25) is 0 Å². The molecule has 7 heteroatoms. The molecule has 6 nitrogen and oxygen atoms in total. The van der Waals surface area contributed by atoms with Crippen molar-refractivity contribution in [2.24, 2.45) is 17.4 Å². The number of Topliss-reactive ketones (excluding diaryl/α,β-unsaturated/α-hetero) is 3. The number of nitrogens with two attached hydrogens (primary N) is 2. The highest BCUT2D eigenvalue weighted by Gasteiger charge is 2.36. The molecule has 0 aliphatic heterocycles. The van der Waals surface area contributed by atoms with Crippen molar-refractivity contribution in [2.75, 3.05) is 0 Å². The van der Waals surface area contributed by atoms with E-state index >= 15 is 0 Å². The van der Waals surface area contributed by atoms with Gasteiger partial charge in [-0.05, 0) is 12.8 Å². The van der Waals surface area contributed by atoms with Crippen molar-refractivity contribution in [1.82, 2.24) is 0 Å². The van der Waals surface area contributed by atoms with E-state index in [0.29, 0.717) is 5.56 Å². The van der Waals surface area contributed by atoms with Gasteiger partial charge in [0.1, 0.15) is 0 Å². The summed E-state index contributed by atoms with van der Waals surface area (Å²) < 4.78 is 6.47. The Morgan fingerprint density at radius 3 is 1.96 bits per heavy atom. The lowest BCUT2D eigenvalue weighted by molar-refractivity contribution is -0.121.